The molecular weight excluding hydrogens is 226 g/mol. The summed E-state index contributed by atoms with van der Waals surface area (Å²) in [5, 5.41) is 0. The van der Waals surface area contributed by atoms with Crippen LogP contribution in [0.3, 0.4) is 0 Å². The van der Waals surface area contributed by atoms with Crippen molar-refractivity contribution >= 4 is 5.91 Å². The lowest BCUT2D eigenvalue weighted by molar-refractivity contribution is -0.131. The van der Waals surface area contributed by atoms with Gasteiger partial charge in [-0.2, -0.15) is 0 Å². The zero-order valence-electron chi connectivity index (χ0n) is 9.49. The first-order valence-electron chi connectivity index (χ1n) is 5.43. The Morgan fingerprint density at radius 2 is 2.18 bits per heavy atom. The third-order valence-corrected chi connectivity index (χ3v) is 2.96. The van der Waals surface area contributed by atoms with Crippen LogP contribution in [0.4, 0.5) is 8.78 Å². The maximum Gasteiger partial charge on any atom is 0.227 e. The molecule has 1 saturated carbocycles. The zero-order valence-corrected chi connectivity index (χ0v) is 9.49. The standard InChI is InChI=1S/C12H14F2N2O/c1-16(12(17)9-5-11(9)15)6-7-2-3-8(13)4-10(7)14/h2-4,9,11H,5-6,15H2,1H3. The van der Waals surface area contributed by atoms with E-state index >= 15 is 0 Å². The Labute approximate surface area is 98.2 Å². The number of carbonyl (C=O) groups excluding carboxylic acids is 1. The molecular formula is C12H14F2N2O. The summed E-state index contributed by atoms with van der Waals surface area (Å²) < 4.78 is 26.1. The minimum Gasteiger partial charge on any atom is -0.341 e. The first-order chi connectivity index (χ1) is 7.99. The van der Waals surface area contributed by atoms with Crippen LogP contribution in [0.2, 0.25) is 0 Å². The number of hydrogen-bond donors (Lipinski definition) is 1. The topological polar surface area (TPSA) is 46.3 Å². The van der Waals surface area contributed by atoms with Gasteiger partial charge in [-0.1, -0.05) is 6.07 Å². The van der Waals surface area contributed by atoms with Crippen molar-refractivity contribution in [3.63, 3.8) is 0 Å². The lowest BCUT2D eigenvalue weighted by Crippen LogP contribution is -2.30. The Hall–Kier alpha value is -1.49. The van der Waals surface area contributed by atoms with Crippen LogP contribution < -0.4 is 5.73 Å². The molecule has 5 heteroatoms. The molecule has 1 aromatic rings. The van der Waals surface area contributed by atoms with Gasteiger partial charge >= 0.3 is 0 Å². The van der Waals surface area contributed by atoms with E-state index in [9.17, 15) is 13.6 Å². The second-order valence-corrected chi connectivity index (χ2v) is 4.44. The average molecular weight is 240 g/mol. The number of amides is 1. The van der Waals surface area contributed by atoms with Gasteiger partial charge in [0.15, 0.2) is 0 Å². The smallest absolute Gasteiger partial charge is 0.227 e. The molecule has 2 N–H and O–H groups in total. The monoisotopic (exact) mass is 240 g/mol. The van der Waals surface area contributed by atoms with E-state index in [-0.39, 0.29) is 24.4 Å². The predicted molar refractivity (Wildman–Crippen MR) is 58.9 cm³/mol. The van der Waals surface area contributed by atoms with E-state index in [0.29, 0.717) is 12.0 Å². The van der Waals surface area contributed by atoms with Gasteiger partial charge in [-0.05, 0) is 12.5 Å². The van der Waals surface area contributed by atoms with Gasteiger partial charge in [0, 0.05) is 31.3 Å². The maximum absolute atomic E-state index is 13.4. The molecule has 2 atom stereocenters. The molecule has 0 radical (unpaired) electrons. The lowest BCUT2D eigenvalue weighted by atomic mass is 10.2. The fourth-order valence-corrected chi connectivity index (χ4v) is 1.77. The van der Waals surface area contributed by atoms with Gasteiger partial charge in [0.25, 0.3) is 0 Å². The third kappa shape index (κ3) is 2.61. The molecule has 3 nitrogen and oxygen atoms in total. The van der Waals surface area contributed by atoms with Crippen LogP contribution >= 0.6 is 0 Å². The van der Waals surface area contributed by atoms with E-state index in [4.69, 9.17) is 5.73 Å². The van der Waals surface area contributed by atoms with Crippen LogP contribution in [0.15, 0.2) is 18.2 Å². The molecule has 1 aliphatic carbocycles. The minimum absolute atomic E-state index is 0.0667. The molecule has 1 fully saturated rings. The van der Waals surface area contributed by atoms with Crippen molar-refractivity contribution in [2.45, 2.75) is 19.0 Å². The molecule has 17 heavy (non-hydrogen) atoms. The highest BCUT2D eigenvalue weighted by atomic mass is 19.1. The Balaban J connectivity index is 2.02. The van der Waals surface area contributed by atoms with E-state index < -0.39 is 11.6 Å². The van der Waals surface area contributed by atoms with Crippen LogP contribution in [0.1, 0.15) is 12.0 Å². The molecule has 0 bridgehead atoms. The van der Waals surface area contributed by atoms with Crippen molar-refractivity contribution in [3.05, 3.63) is 35.4 Å². The molecule has 1 amide bonds. The number of rotatable bonds is 3. The minimum atomic E-state index is -0.634. The van der Waals surface area contributed by atoms with E-state index in [1.165, 1.54) is 17.0 Å². The van der Waals surface area contributed by atoms with E-state index in [1.54, 1.807) is 7.05 Å². The van der Waals surface area contributed by atoms with Crippen molar-refractivity contribution < 1.29 is 13.6 Å². The second kappa shape index (κ2) is 4.41. The van der Waals surface area contributed by atoms with Crippen molar-refractivity contribution in [1.29, 1.82) is 0 Å². The highest BCUT2D eigenvalue weighted by Crippen LogP contribution is 2.30. The highest BCUT2D eigenvalue weighted by Gasteiger charge is 2.41. The number of benzene rings is 1. The van der Waals surface area contributed by atoms with Crippen molar-refractivity contribution in [1.82, 2.24) is 4.90 Å². The first-order valence-corrected chi connectivity index (χ1v) is 5.43. The fourth-order valence-electron chi connectivity index (χ4n) is 1.77. The largest absolute Gasteiger partial charge is 0.341 e. The molecule has 0 aliphatic heterocycles. The second-order valence-electron chi connectivity index (χ2n) is 4.44. The Bertz CT molecular complexity index is 450. The molecule has 1 aliphatic rings. The SMILES string of the molecule is CN(Cc1ccc(F)cc1F)C(=O)C1CC1N. The highest BCUT2D eigenvalue weighted by molar-refractivity contribution is 5.82. The van der Waals surface area contributed by atoms with E-state index in [2.05, 4.69) is 0 Å². The number of carbonyl (C=O) groups is 1. The van der Waals surface area contributed by atoms with Crippen molar-refractivity contribution in [2.75, 3.05) is 7.05 Å². The van der Waals surface area contributed by atoms with Crippen LogP contribution in [0, 0.1) is 17.6 Å². The summed E-state index contributed by atoms with van der Waals surface area (Å²) in [5.41, 5.74) is 5.88. The lowest BCUT2D eigenvalue weighted by Gasteiger charge is -2.17. The molecule has 92 valence electrons. The Kier molecular flexibility index (Phi) is 3.11. The molecule has 0 saturated heterocycles. The van der Waals surface area contributed by atoms with Crippen molar-refractivity contribution in [3.8, 4) is 0 Å². The number of hydrogen-bond acceptors (Lipinski definition) is 2. The summed E-state index contributed by atoms with van der Waals surface area (Å²) in [6, 6.07) is 3.28. The van der Waals surface area contributed by atoms with Gasteiger partial charge in [-0.25, -0.2) is 8.78 Å². The van der Waals surface area contributed by atoms with E-state index in [1.807, 2.05) is 0 Å². The quantitative estimate of drug-likeness (QED) is 0.864. The summed E-state index contributed by atoms with van der Waals surface area (Å²) in [6.07, 6.45) is 0.690. The molecule has 0 spiro atoms. The summed E-state index contributed by atoms with van der Waals surface area (Å²) in [7, 11) is 1.59. The Morgan fingerprint density at radius 3 is 2.71 bits per heavy atom. The van der Waals surface area contributed by atoms with Crippen LogP contribution in [0.5, 0.6) is 0 Å². The van der Waals surface area contributed by atoms with Crippen LogP contribution in [-0.4, -0.2) is 23.9 Å². The number of nitrogens with zero attached hydrogens (tertiary/aromatic N) is 1. The van der Waals surface area contributed by atoms with Gasteiger partial charge in [-0.15, -0.1) is 0 Å². The number of halogens is 2. The van der Waals surface area contributed by atoms with Gasteiger partial charge in [0.1, 0.15) is 11.6 Å². The van der Waals surface area contributed by atoms with Crippen LogP contribution in [-0.2, 0) is 11.3 Å². The van der Waals surface area contributed by atoms with Gasteiger partial charge < -0.3 is 10.6 Å². The summed E-state index contributed by atoms with van der Waals surface area (Å²) in [4.78, 5) is 13.2. The van der Waals surface area contributed by atoms with Gasteiger partial charge in [-0.3, -0.25) is 4.79 Å². The fraction of sp³-hybridized carbons (Fsp3) is 0.417. The van der Waals surface area contributed by atoms with Crippen molar-refractivity contribution in [2.24, 2.45) is 11.7 Å². The normalized spacial score (nSPS) is 22.4. The molecule has 2 unspecified atom stereocenters. The Morgan fingerprint density at radius 1 is 1.53 bits per heavy atom. The summed E-state index contributed by atoms with van der Waals surface area (Å²) >= 11 is 0. The summed E-state index contributed by atoms with van der Waals surface area (Å²) in [6.45, 7) is 0.133. The van der Waals surface area contributed by atoms with E-state index in [0.717, 1.165) is 6.07 Å². The summed E-state index contributed by atoms with van der Waals surface area (Å²) in [5.74, 6) is -1.47. The molecule has 1 aromatic carbocycles. The third-order valence-electron chi connectivity index (χ3n) is 2.96. The first kappa shape index (κ1) is 12.0. The van der Waals surface area contributed by atoms with Gasteiger partial charge in [0.05, 0.1) is 5.92 Å². The average Bonchev–Trinajstić information content (AvgIpc) is 2.98. The predicted octanol–water partition coefficient (Wildman–Crippen LogP) is 1.27. The molecule has 0 heterocycles. The maximum atomic E-state index is 13.4. The molecule has 0 aromatic heterocycles. The number of nitrogens with two attached hydrogens (primary N) is 1. The van der Waals surface area contributed by atoms with Crippen LogP contribution in [0.25, 0.3) is 0 Å². The molecule has 2 rings (SSSR count). The zero-order chi connectivity index (χ0) is 12.6. The van der Waals surface area contributed by atoms with Gasteiger partial charge in [0.2, 0.25) is 5.91 Å².